The molecule has 0 aliphatic carbocycles. The number of phenolic OH excluding ortho intramolecular Hbond substituents is 1. The molecule has 0 unspecified atom stereocenters. The first-order valence-electron chi connectivity index (χ1n) is 8.41. The third-order valence-corrected chi connectivity index (χ3v) is 4.25. The lowest BCUT2D eigenvalue weighted by atomic mass is 10.0. The van der Waals surface area contributed by atoms with Crippen molar-refractivity contribution in [3.63, 3.8) is 0 Å². The number of fused-ring (bicyclic) bond motifs is 1. The highest BCUT2D eigenvalue weighted by atomic mass is 16.6. The summed E-state index contributed by atoms with van der Waals surface area (Å²) in [6.45, 7) is -0.359. The molecule has 0 fully saturated rings. The Hall–Kier alpha value is -2.90. The molecule has 0 aromatic heterocycles. The summed E-state index contributed by atoms with van der Waals surface area (Å²) in [6.07, 6.45) is 2.06. The van der Waals surface area contributed by atoms with Crippen molar-refractivity contribution in [3.8, 4) is 28.7 Å². The lowest BCUT2D eigenvalue weighted by Crippen LogP contribution is -2.36. The maximum absolute atomic E-state index is 9.81. The molecule has 7 nitrogen and oxygen atoms in total. The number of phenols is 1. The van der Waals surface area contributed by atoms with E-state index in [2.05, 4.69) is 0 Å². The number of ether oxygens (including phenoxy) is 4. The van der Waals surface area contributed by atoms with Crippen LogP contribution in [0.2, 0.25) is 0 Å². The fraction of sp³-hybridized carbons (Fsp3) is 0.300. The summed E-state index contributed by atoms with van der Waals surface area (Å²) in [6, 6.07) is 8.35. The van der Waals surface area contributed by atoms with E-state index in [0.717, 1.165) is 5.56 Å². The van der Waals surface area contributed by atoms with Crippen LogP contribution in [-0.4, -0.2) is 48.9 Å². The lowest BCUT2D eigenvalue weighted by molar-refractivity contribution is -0.0141. The Bertz CT molecular complexity index is 831. The zero-order valence-electron chi connectivity index (χ0n) is 15.1. The molecule has 2 aromatic carbocycles. The van der Waals surface area contributed by atoms with Gasteiger partial charge < -0.3 is 34.3 Å². The average Bonchev–Trinajstić information content (AvgIpc) is 2.70. The largest absolute Gasteiger partial charge is 0.504 e. The number of benzene rings is 2. The Labute approximate surface area is 157 Å². The van der Waals surface area contributed by atoms with Gasteiger partial charge in [-0.3, -0.25) is 0 Å². The van der Waals surface area contributed by atoms with Crippen molar-refractivity contribution in [2.24, 2.45) is 0 Å². The van der Waals surface area contributed by atoms with Crippen molar-refractivity contribution in [1.29, 1.82) is 0 Å². The molecule has 1 heterocycles. The van der Waals surface area contributed by atoms with E-state index in [1.807, 2.05) is 0 Å². The Kier molecular flexibility index (Phi) is 5.73. The summed E-state index contributed by atoms with van der Waals surface area (Å²) in [5, 5.41) is 28.6. The van der Waals surface area contributed by atoms with Gasteiger partial charge in [0.2, 0.25) is 5.75 Å². The van der Waals surface area contributed by atoms with Gasteiger partial charge in [0.1, 0.15) is 0 Å². The minimum atomic E-state index is -0.667. The summed E-state index contributed by atoms with van der Waals surface area (Å²) in [5.74, 6) is 1.63. The summed E-state index contributed by atoms with van der Waals surface area (Å²) in [5.41, 5.74) is 1.46. The first-order chi connectivity index (χ1) is 13.1. The molecule has 2 atom stereocenters. The van der Waals surface area contributed by atoms with Crippen LogP contribution in [0.1, 0.15) is 17.2 Å². The van der Waals surface area contributed by atoms with Gasteiger partial charge >= 0.3 is 0 Å². The average molecular weight is 374 g/mol. The van der Waals surface area contributed by atoms with Gasteiger partial charge in [0.15, 0.2) is 35.2 Å². The van der Waals surface area contributed by atoms with Gasteiger partial charge in [-0.2, -0.15) is 0 Å². The van der Waals surface area contributed by atoms with E-state index < -0.39 is 12.2 Å². The normalized spacial score (nSPS) is 18.5. The molecule has 144 valence electrons. The molecule has 0 spiro atoms. The Morgan fingerprint density at radius 3 is 2.48 bits per heavy atom. The number of aliphatic hydroxyl groups is 2. The highest BCUT2D eigenvalue weighted by Gasteiger charge is 2.35. The van der Waals surface area contributed by atoms with E-state index in [9.17, 15) is 10.2 Å². The van der Waals surface area contributed by atoms with Gasteiger partial charge in [-0.1, -0.05) is 18.2 Å². The molecule has 1 aliphatic heterocycles. The molecular weight excluding hydrogens is 352 g/mol. The molecule has 0 saturated heterocycles. The number of rotatable bonds is 6. The molecule has 0 amide bonds. The van der Waals surface area contributed by atoms with Crippen LogP contribution in [-0.2, 0) is 0 Å². The predicted octanol–water partition coefficient (Wildman–Crippen LogP) is 2.29. The Morgan fingerprint density at radius 1 is 1.04 bits per heavy atom. The van der Waals surface area contributed by atoms with Gasteiger partial charge in [0.25, 0.3) is 0 Å². The SMILES string of the molecule is COc1cc([C@@H]2Oc3cc(/C=C/CO)cc(OC)c3O[C@@H]2CO)ccc1O. The first kappa shape index (κ1) is 18.9. The van der Waals surface area contributed by atoms with Crippen LogP contribution in [0.5, 0.6) is 28.7 Å². The quantitative estimate of drug-likeness (QED) is 0.714. The van der Waals surface area contributed by atoms with Gasteiger partial charge in [-0.25, -0.2) is 0 Å². The van der Waals surface area contributed by atoms with Gasteiger partial charge in [0, 0.05) is 5.56 Å². The van der Waals surface area contributed by atoms with Crippen LogP contribution in [0, 0.1) is 0 Å². The zero-order valence-corrected chi connectivity index (χ0v) is 15.1. The molecule has 3 rings (SSSR count). The van der Waals surface area contributed by atoms with Crippen LogP contribution in [0.25, 0.3) is 6.08 Å². The lowest BCUT2D eigenvalue weighted by Gasteiger charge is -2.34. The van der Waals surface area contributed by atoms with Gasteiger partial charge in [-0.15, -0.1) is 0 Å². The molecule has 7 heteroatoms. The van der Waals surface area contributed by atoms with Crippen LogP contribution in [0.15, 0.2) is 36.4 Å². The maximum atomic E-state index is 9.81. The molecule has 2 aromatic rings. The first-order valence-corrected chi connectivity index (χ1v) is 8.41. The fourth-order valence-corrected chi connectivity index (χ4v) is 2.95. The number of hydrogen-bond donors (Lipinski definition) is 3. The molecular formula is C20H22O7. The number of aromatic hydroxyl groups is 1. The van der Waals surface area contributed by atoms with E-state index in [1.165, 1.54) is 20.3 Å². The highest BCUT2D eigenvalue weighted by Crippen LogP contribution is 2.47. The summed E-state index contributed by atoms with van der Waals surface area (Å²) in [4.78, 5) is 0. The minimum Gasteiger partial charge on any atom is -0.504 e. The molecule has 0 radical (unpaired) electrons. The number of hydrogen-bond acceptors (Lipinski definition) is 7. The van der Waals surface area contributed by atoms with Crippen molar-refractivity contribution in [2.75, 3.05) is 27.4 Å². The molecule has 27 heavy (non-hydrogen) atoms. The molecule has 0 bridgehead atoms. The second kappa shape index (κ2) is 8.20. The maximum Gasteiger partial charge on any atom is 0.204 e. The van der Waals surface area contributed by atoms with Crippen LogP contribution >= 0.6 is 0 Å². The standard InChI is InChI=1S/C20H22O7/c1-24-15-10-13(5-6-14(15)23)19-18(11-22)27-20-16(25-2)8-12(4-3-7-21)9-17(20)26-19/h3-6,8-10,18-19,21-23H,7,11H2,1-2H3/b4-3+/t18-,19+/m1/s1. The Balaban J connectivity index is 2.02. The summed E-state index contributed by atoms with van der Waals surface area (Å²) >= 11 is 0. The van der Waals surface area contributed by atoms with E-state index in [0.29, 0.717) is 28.6 Å². The van der Waals surface area contributed by atoms with Crippen molar-refractivity contribution in [1.82, 2.24) is 0 Å². The zero-order chi connectivity index (χ0) is 19.4. The van der Waals surface area contributed by atoms with Crippen LogP contribution < -0.4 is 18.9 Å². The third kappa shape index (κ3) is 3.79. The van der Waals surface area contributed by atoms with Crippen molar-refractivity contribution >= 4 is 6.08 Å². The number of aliphatic hydroxyl groups excluding tert-OH is 2. The van der Waals surface area contributed by atoms with E-state index in [4.69, 9.17) is 24.1 Å². The topological polar surface area (TPSA) is 97.6 Å². The monoisotopic (exact) mass is 374 g/mol. The molecule has 0 saturated carbocycles. The van der Waals surface area contributed by atoms with E-state index >= 15 is 0 Å². The van der Waals surface area contributed by atoms with E-state index in [-0.39, 0.29) is 19.0 Å². The van der Waals surface area contributed by atoms with Crippen molar-refractivity contribution < 1.29 is 34.3 Å². The van der Waals surface area contributed by atoms with E-state index in [1.54, 1.807) is 36.4 Å². The summed E-state index contributed by atoms with van der Waals surface area (Å²) < 4.78 is 22.6. The van der Waals surface area contributed by atoms with Crippen molar-refractivity contribution in [3.05, 3.63) is 47.5 Å². The third-order valence-electron chi connectivity index (χ3n) is 4.25. The fourth-order valence-electron chi connectivity index (χ4n) is 2.95. The highest BCUT2D eigenvalue weighted by molar-refractivity contribution is 5.63. The van der Waals surface area contributed by atoms with Crippen LogP contribution in [0.3, 0.4) is 0 Å². The van der Waals surface area contributed by atoms with Crippen molar-refractivity contribution in [2.45, 2.75) is 12.2 Å². The second-order valence-electron chi connectivity index (χ2n) is 5.94. The van der Waals surface area contributed by atoms with Gasteiger partial charge in [0.05, 0.1) is 27.4 Å². The predicted molar refractivity (Wildman–Crippen MR) is 98.6 cm³/mol. The second-order valence-corrected chi connectivity index (χ2v) is 5.94. The van der Waals surface area contributed by atoms with Gasteiger partial charge in [-0.05, 0) is 29.8 Å². The summed E-state index contributed by atoms with van der Waals surface area (Å²) in [7, 11) is 2.98. The number of methoxy groups -OCH3 is 2. The smallest absolute Gasteiger partial charge is 0.204 e. The molecule has 3 N–H and O–H groups in total. The Morgan fingerprint density at radius 2 is 1.81 bits per heavy atom. The van der Waals surface area contributed by atoms with Crippen LogP contribution in [0.4, 0.5) is 0 Å². The minimum absolute atomic E-state index is 0.0111. The molecule has 1 aliphatic rings.